The van der Waals surface area contributed by atoms with Crippen molar-refractivity contribution in [3.8, 4) is 0 Å². The molecule has 0 saturated heterocycles. The molecule has 1 rings (SSSR count). The Bertz CT molecular complexity index is 499. The third-order valence-corrected chi connectivity index (χ3v) is 2.56. The monoisotopic (exact) mass is 311 g/mol. The van der Waals surface area contributed by atoms with Crippen LogP contribution in [0.4, 0.5) is 18.9 Å². The van der Waals surface area contributed by atoms with Gasteiger partial charge >= 0.3 is 6.18 Å². The second-order valence-electron chi connectivity index (χ2n) is 3.17. The van der Waals surface area contributed by atoms with Crippen LogP contribution in [0.15, 0.2) is 16.6 Å². The van der Waals surface area contributed by atoms with Crippen LogP contribution in [0, 0.1) is 10.1 Å². The summed E-state index contributed by atoms with van der Waals surface area (Å²) in [5.74, 6) is -0.605. The van der Waals surface area contributed by atoms with Gasteiger partial charge in [-0.25, -0.2) is 0 Å². The second kappa shape index (κ2) is 4.44. The van der Waals surface area contributed by atoms with Gasteiger partial charge in [-0.05, 0) is 35.0 Å². The zero-order valence-electron chi connectivity index (χ0n) is 8.34. The molecule has 0 N–H and O–H groups in total. The van der Waals surface area contributed by atoms with Crippen LogP contribution in [0.2, 0.25) is 0 Å². The van der Waals surface area contributed by atoms with E-state index in [1.165, 1.54) is 0 Å². The Hall–Kier alpha value is -1.44. The van der Waals surface area contributed by atoms with Crippen LogP contribution < -0.4 is 0 Å². The average Bonchev–Trinajstić information content (AvgIpc) is 2.14. The Kier molecular flexibility index (Phi) is 3.56. The molecule has 0 unspecified atom stereocenters. The number of hydrogen-bond acceptors (Lipinski definition) is 3. The summed E-state index contributed by atoms with van der Waals surface area (Å²) in [5, 5.41) is 10.6. The fraction of sp³-hybridized carbons (Fsp3) is 0.222. The SMILES string of the molecule is CC(=O)c1cc(Br)c([N+](=O)[O-])c(C(F)(F)F)c1. The maximum Gasteiger partial charge on any atom is 0.423 e. The van der Waals surface area contributed by atoms with Crippen molar-refractivity contribution in [1.82, 2.24) is 0 Å². The third kappa shape index (κ3) is 2.82. The molecule has 92 valence electrons. The van der Waals surface area contributed by atoms with E-state index in [9.17, 15) is 28.1 Å². The van der Waals surface area contributed by atoms with Gasteiger partial charge < -0.3 is 0 Å². The summed E-state index contributed by atoms with van der Waals surface area (Å²) < 4.78 is 37.4. The standard InChI is InChI=1S/C9H5BrF3NO3/c1-4(15)5-2-6(9(11,12)13)8(14(16)17)7(10)3-5/h2-3H,1H3. The Balaban J connectivity index is 3.62. The molecule has 1 aromatic rings. The van der Waals surface area contributed by atoms with Crippen LogP contribution in [-0.4, -0.2) is 10.7 Å². The highest BCUT2D eigenvalue weighted by molar-refractivity contribution is 9.10. The number of rotatable bonds is 2. The molecule has 0 fully saturated rings. The number of carbonyl (C=O) groups is 1. The van der Waals surface area contributed by atoms with Crippen molar-refractivity contribution in [2.24, 2.45) is 0 Å². The van der Waals surface area contributed by atoms with Gasteiger partial charge in [-0.1, -0.05) is 0 Å². The molecular formula is C9H5BrF3NO3. The van der Waals surface area contributed by atoms with Gasteiger partial charge in [0, 0.05) is 5.56 Å². The van der Waals surface area contributed by atoms with Crippen molar-refractivity contribution < 1.29 is 22.9 Å². The van der Waals surface area contributed by atoms with Crippen molar-refractivity contribution >= 4 is 27.4 Å². The van der Waals surface area contributed by atoms with Crippen LogP contribution in [0.25, 0.3) is 0 Å². The van der Waals surface area contributed by atoms with Crippen LogP contribution in [-0.2, 0) is 6.18 Å². The highest BCUT2D eigenvalue weighted by Gasteiger charge is 2.40. The molecule has 0 radical (unpaired) electrons. The molecule has 0 amide bonds. The quantitative estimate of drug-likeness (QED) is 0.476. The van der Waals surface area contributed by atoms with E-state index in [2.05, 4.69) is 15.9 Å². The summed E-state index contributed by atoms with van der Waals surface area (Å²) in [4.78, 5) is 20.4. The zero-order chi connectivity index (χ0) is 13.4. The van der Waals surface area contributed by atoms with E-state index in [0.29, 0.717) is 6.07 Å². The molecule has 0 saturated carbocycles. The van der Waals surface area contributed by atoms with E-state index < -0.39 is 28.1 Å². The molecule has 0 heterocycles. The number of Topliss-reactive ketones (excluding diaryl/α,β-unsaturated/α-hetero) is 1. The first kappa shape index (κ1) is 13.6. The lowest BCUT2D eigenvalue weighted by Crippen LogP contribution is -2.11. The number of alkyl halides is 3. The lowest BCUT2D eigenvalue weighted by atomic mass is 10.1. The molecule has 8 heteroatoms. The van der Waals surface area contributed by atoms with Crippen molar-refractivity contribution in [1.29, 1.82) is 0 Å². The molecule has 17 heavy (non-hydrogen) atoms. The summed E-state index contributed by atoms with van der Waals surface area (Å²) in [5.41, 5.74) is -2.78. The van der Waals surface area contributed by atoms with Gasteiger partial charge in [-0.3, -0.25) is 14.9 Å². The van der Waals surface area contributed by atoms with Gasteiger partial charge in [0.15, 0.2) is 5.78 Å². The van der Waals surface area contributed by atoms with Gasteiger partial charge in [-0.2, -0.15) is 13.2 Å². The second-order valence-corrected chi connectivity index (χ2v) is 4.02. The number of nitro groups is 1. The first-order valence-electron chi connectivity index (χ1n) is 4.20. The molecule has 0 spiro atoms. The first-order valence-corrected chi connectivity index (χ1v) is 5.00. The topological polar surface area (TPSA) is 60.2 Å². The van der Waals surface area contributed by atoms with Crippen molar-refractivity contribution in [3.05, 3.63) is 37.8 Å². The smallest absolute Gasteiger partial charge is 0.295 e. The Morgan fingerprint density at radius 2 is 1.94 bits per heavy atom. The fourth-order valence-electron chi connectivity index (χ4n) is 1.20. The lowest BCUT2D eigenvalue weighted by molar-refractivity contribution is -0.388. The number of nitrogens with zero attached hydrogens (tertiary/aromatic N) is 1. The van der Waals surface area contributed by atoms with Crippen molar-refractivity contribution in [2.45, 2.75) is 13.1 Å². The highest BCUT2D eigenvalue weighted by Crippen LogP contribution is 2.40. The minimum Gasteiger partial charge on any atom is -0.295 e. The maximum atomic E-state index is 12.6. The molecule has 0 aromatic heterocycles. The summed E-state index contributed by atoms with van der Waals surface area (Å²) in [6, 6.07) is 1.47. The Morgan fingerprint density at radius 1 is 1.41 bits per heavy atom. The summed E-state index contributed by atoms with van der Waals surface area (Å²) in [7, 11) is 0. The largest absolute Gasteiger partial charge is 0.423 e. The van der Waals surface area contributed by atoms with Gasteiger partial charge in [-0.15, -0.1) is 0 Å². The predicted molar refractivity (Wildman–Crippen MR) is 55.8 cm³/mol. The number of halogens is 4. The summed E-state index contributed by atoms with van der Waals surface area (Å²) in [6.45, 7) is 1.08. The molecule has 0 bridgehead atoms. The number of hydrogen-bond donors (Lipinski definition) is 0. The molecule has 0 aliphatic carbocycles. The summed E-state index contributed by atoms with van der Waals surface area (Å²) >= 11 is 2.67. The number of ketones is 1. The first-order chi connectivity index (χ1) is 7.64. The Morgan fingerprint density at radius 3 is 2.29 bits per heavy atom. The van der Waals surface area contributed by atoms with Crippen LogP contribution in [0.1, 0.15) is 22.8 Å². The average molecular weight is 312 g/mol. The minimum absolute atomic E-state index is 0.241. The Labute approximate surface area is 102 Å². The molecule has 0 aliphatic rings. The molecule has 0 atom stereocenters. The summed E-state index contributed by atoms with van der Waals surface area (Å²) in [6.07, 6.45) is -4.89. The molecule has 1 aromatic carbocycles. The zero-order valence-corrected chi connectivity index (χ0v) is 9.92. The van der Waals surface area contributed by atoms with Gasteiger partial charge in [0.1, 0.15) is 5.56 Å². The number of benzene rings is 1. The van der Waals surface area contributed by atoms with Crippen LogP contribution >= 0.6 is 15.9 Å². The van der Waals surface area contributed by atoms with Gasteiger partial charge in [0.2, 0.25) is 0 Å². The van der Waals surface area contributed by atoms with E-state index in [-0.39, 0.29) is 10.0 Å². The van der Waals surface area contributed by atoms with E-state index in [1.807, 2.05) is 0 Å². The maximum absolute atomic E-state index is 12.6. The van der Waals surface area contributed by atoms with Crippen molar-refractivity contribution in [3.63, 3.8) is 0 Å². The predicted octanol–water partition coefficient (Wildman–Crippen LogP) is 3.58. The third-order valence-electron chi connectivity index (χ3n) is 1.96. The van der Waals surface area contributed by atoms with Crippen LogP contribution in [0.5, 0.6) is 0 Å². The highest BCUT2D eigenvalue weighted by atomic mass is 79.9. The van der Waals surface area contributed by atoms with E-state index in [1.54, 1.807) is 0 Å². The van der Waals surface area contributed by atoms with Gasteiger partial charge in [0.25, 0.3) is 5.69 Å². The number of nitro benzene ring substituents is 1. The fourth-order valence-corrected chi connectivity index (χ4v) is 1.81. The molecule has 4 nitrogen and oxygen atoms in total. The van der Waals surface area contributed by atoms with E-state index >= 15 is 0 Å². The number of carbonyl (C=O) groups excluding carboxylic acids is 1. The van der Waals surface area contributed by atoms with Crippen LogP contribution in [0.3, 0.4) is 0 Å². The van der Waals surface area contributed by atoms with Gasteiger partial charge in [0.05, 0.1) is 9.40 Å². The van der Waals surface area contributed by atoms with Crippen molar-refractivity contribution in [2.75, 3.05) is 0 Å². The molecular weight excluding hydrogens is 307 g/mol. The molecule has 0 aliphatic heterocycles. The van der Waals surface area contributed by atoms with E-state index in [0.717, 1.165) is 13.0 Å². The normalized spacial score (nSPS) is 11.4. The lowest BCUT2D eigenvalue weighted by Gasteiger charge is -2.09. The van der Waals surface area contributed by atoms with E-state index in [4.69, 9.17) is 0 Å². The minimum atomic E-state index is -4.89.